The van der Waals surface area contributed by atoms with Crippen molar-refractivity contribution >= 4 is 19.8 Å². The van der Waals surface area contributed by atoms with Gasteiger partial charge in [0.1, 0.15) is 12.2 Å². The molecular formula is C40H77O10P. The van der Waals surface area contributed by atoms with Gasteiger partial charge in [-0.2, -0.15) is 0 Å². The van der Waals surface area contributed by atoms with E-state index in [1.54, 1.807) is 0 Å². The molecule has 11 heteroatoms. The first-order valence-electron chi connectivity index (χ1n) is 20.6. The number of hydrogen-bond acceptors (Lipinski definition) is 9. The normalized spacial score (nSPS) is 14.1. The predicted molar refractivity (Wildman–Crippen MR) is 205 cm³/mol. The van der Waals surface area contributed by atoms with Crippen LogP contribution >= 0.6 is 7.82 Å². The zero-order valence-electron chi connectivity index (χ0n) is 32.6. The molecule has 0 saturated heterocycles. The molecule has 0 heterocycles. The molecule has 0 aliphatic heterocycles. The van der Waals surface area contributed by atoms with Crippen molar-refractivity contribution in [3.8, 4) is 0 Å². The van der Waals surface area contributed by atoms with Crippen molar-refractivity contribution in [1.29, 1.82) is 0 Å². The molecule has 3 N–H and O–H groups in total. The second-order valence-corrected chi connectivity index (χ2v) is 15.4. The van der Waals surface area contributed by atoms with Crippen LogP contribution in [0.5, 0.6) is 0 Å². The van der Waals surface area contributed by atoms with E-state index < -0.39 is 58.4 Å². The zero-order valence-corrected chi connectivity index (χ0v) is 33.5. The quantitative estimate of drug-likeness (QED) is 0.0240. The molecule has 302 valence electrons. The summed E-state index contributed by atoms with van der Waals surface area (Å²) >= 11 is 0. The summed E-state index contributed by atoms with van der Waals surface area (Å²) in [7, 11) is -4.63. The fourth-order valence-electron chi connectivity index (χ4n) is 5.76. The van der Waals surface area contributed by atoms with Crippen molar-refractivity contribution in [3.63, 3.8) is 0 Å². The second-order valence-electron chi connectivity index (χ2n) is 14.0. The van der Waals surface area contributed by atoms with Crippen LogP contribution < -0.4 is 0 Å². The highest BCUT2D eigenvalue weighted by Gasteiger charge is 2.27. The second kappa shape index (κ2) is 37.0. The van der Waals surface area contributed by atoms with Crippen LogP contribution in [0.1, 0.15) is 194 Å². The van der Waals surface area contributed by atoms with E-state index in [1.165, 1.54) is 96.3 Å². The third-order valence-corrected chi connectivity index (χ3v) is 9.93. The molecule has 0 saturated carbocycles. The van der Waals surface area contributed by atoms with E-state index in [2.05, 4.69) is 26.0 Å². The first-order chi connectivity index (χ1) is 24.8. The lowest BCUT2D eigenvalue weighted by atomic mass is 10.0. The Morgan fingerprint density at radius 2 is 0.804 bits per heavy atom. The maximum Gasteiger partial charge on any atom is 0.472 e. The Bertz CT molecular complexity index is 868. The first kappa shape index (κ1) is 49.7. The summed E-state index contributed by atoms with van der Waals surface area (Å²) in [6.45, 7) is 2.19. The fourth-order valence-corrected chi connectivity index (χ4v) is 6.54. The number of esters is 2. The van der Waals surface area contributed by atoms with Crippen LogP contribution in [0.3, 0.4) is 0 Å². The van der Waals surface area contributed by atoms with Crippen LogP contribution in [0.25, 0.3) is 0 Å². The first-order valence-corrected chi connectivity index (χ1v) is 22.1. The summed E-state index contributed by atoms with van der Waals surface area (Å²) in [5.41, 5.74) is 0. The molecule has 3 unspecified atom stereocenters. The van der Waals surface area contributed by atoms with Gasteiger partial charge >= 0.3 is 19.8 Å². The Morgan fingerprint density at radius 3 is 1.14 bits per heavy atom. The molecule has 10 nitrogen and oxygen atoms in total. The number of phosphoric ester groups is 1. The van der Waals surface area contributed by atoms with Crippen LogP contribution in [-0.4, -0.2) is 65.7 Å². The average Bonchev–Trinajstić information content (AvgIpc) is 3.12. The summed E-state index contributed by atoms with van der Waals surface area (Å²) < 4.78 is 32.5. The number of allylic oxidation sites excluding steroid dienone is 2. The Kier molecular flexibility index (Phi) is 36.1. The van der Waals surface area contributed by atoms with Crippen LogP contribution in [0.15, 0.2) is 12.2 Å². The van der Waals surface area contributed by atoms with Gasteiger partial charge in [-0.3, -0.25) is 18.6 Å². The molecule has 0 amide bonds. The molecule has 0 fully saturated rings. The maximum atomic E-state index is 12.3. The van der Waals surface area contributed by atoms with Gasteiger partial charge in [0.25, 0.3) is 0 Å². The van der Waals surface area contributed by atoms with Gasteiger partial charge in [0.15, 0.2) is 0 Å². The van der Waals surface area contributed by atoms with Crippen molar-refractivity contribution in [1.82, 2.24) is 0 Å². The van der Waals surface area contributed by atoms with E-state index in [9.17, 15) is 29.3 Å². The number of aliphatic hydroxyl groups is 2. The van der Waals surface area contributed by atoms with Crippen LogP contribution in [0.4, 0.5) is 0 Å². The molecule has 0 bridgehead atoms. The van der Waals surface area contributed by atoms with Gasteiger partial charge in [-0.15, -0.1) is 0 Å². The molecule has 0 aliphatic carbocycles. The fraction of sp³-hybridized carbons (Fsp3) is 0.900. The largest absolute Gasteiger partial charge is 0.472 e. The smallest absolute Gasteiger partial charge is 0.457 e. The number of rotatable bonds is 39. The standard InChI is InChI=1S/C40H77O10P/c1-3-5-7-9-11-13-15-17-18-20-22-24-26-28-30-32-40(44)50-38(34-42)36-48-51(45,46)47-35-37(33-41)49-39(43)31-29-27-25-23-21-19-16-14-12-10-8-6-4-2/h14,16,37-38,41-42H,3-13,15,17-36H2,1-2H3,(H,45,46)/b16-14-. The molecule has 0 aromatic heterocycles. The topological polar surface area (TPSA) is 149 Å². The van der Waals surface area contributed by atoms with Crippen molar-refractivity contribution in [2.75, 3.05) is 26.4 Å². The van der Waals surface area contributed by atoms with Crippen molar-refractivity contribution in [3.05, 3.63) is 12.2 Å². The lowest BCUT2D eigenvalue weighted by Gasteiger charge is -2.20. The SMILES string of the molecule is CCCCCC/C=C\CCCCCCCC(=O)OC(CO)COP(=O)(O)OCC(CO)OC(=O)CCCCCCCCCCCCCCCCC. The van der Waals surface area contributed by atoms with Crippen molar-refractivity contribution < 1.29 is 47.8 Å². The molecule has 51 heavy (non-hydrogen) atoms. The summed E-state index contributed by atoms with van der Waals surface area (Å²) in [6, 6.07) is 0. The molecule has 3 atom stereocenters. The number of carbonyl (C=O) groups is 2. The molecule has 0 aliphatic rings. The lowest BCUT2D eigenvalue weighted by molar-refractivity contribution is -0.153. The van der Waals surface area contributed by atoms with E-state index in [-0.39, 0.29) is 12.8 Å². The van der Waals surface area contributed by atoms with Crippen LogP contribution in [-0.2, 0) is 32.7 Å². The number of hydrogen-bond donors (Lipinski definition) is 3. The van der Waals surface area contributed by atoms with E-state index in [0.717, 1.165) is 57.8 Å². The van der Waals surface area contributed by atoms with Crippen LogP contribution in [0.2, 0.25) is 0 Å². The number of ether oxygens (including phenoxy) is 2. The third-order valence-electron chi connectivity index (χ3n) is 8.98. The van der Waals surface area contributed by atoms with Crippen molar-refractivity contribution in [2.45, 2.75) is 206 Å². The molecule has 0 radical (unpaired) electrons. The van der Waals surface area contributed by atoms with Crippen LogP contribution in [0, 0.1) is 0 Å². The molecule has 0 spiro atoms. The zero-order chi connectivity index (χ0) is 37.7. The van der Waals surface area contributed by atoms with Gasteiger partial charge in [0.05, 0.1) is 26.4 Å². The highest BCUT2D eigenvalue weighted by molar-refractivity contribution is 7.47. The Morgan fingerprint density at radius 1 is 0.510 bits per heavy atom. The maximum absolute atomic E-state index is 12.3. The lowest BCUT2D eigenvalue weighted by Crippen LogP contribution is -2.28. The average molecular weight is 749 g/mol. The third kappa shape index (κ3) is 35.5. The van der Waals surface area contributed by atoms with Gasteiger partial charge in [-0.05, 0) is 38.5 Å². The van der Waals surface area contributed by atoms with E-state index in [4.69, 9.17) is 18.5 Å². The Hall–Kier alpha value is -1.29. The summed E-state index contributed by atoms with van der Waals surface area (Å²) in [5, 5.41) is 19.1. The highest BCUT2D eigenvalue weighted by Crippen LogP contribution is 2.43. The van der Waals surface area contributed by atoms with Gasteiger partial charge < -0.3 is 24.6 Å². The monoisotopic (exact) mass is 749 g/mol. The minimum atomic E-state index is -4.63. The van der Waals surface area contributed by atoms with E-state index >= 15 is 0 Å². The molecular weight excluding hydrogens is 671 g/mol. The number of aliphatic hydroxyl groups excluding tert-OH is 2. The minimum absolute atomic E-state index is 0.185. The molecule has 0 rings (SSSR count). The summed E-state index contributed by atoms with van der Waals surface area (Å²) in [5.74, 6) is -1.02. The molecule has 0 aromatic rings. The van der Waals surface area contributed by atoms with Gasteiger partial charge in [0, 0.05) is 12.8 Å². The van der Waals surface area contributed by atoms with Gasteiger partial charge in [0.2, 0.25) is 0 Å². The Balaban J connectivity index is 3.93. The van der Waals surface area contributed by atoms with E-state index in [0.29, 0.717) is 12.8 Å². The number of unbranched alkanes of at least 4 members (excludes halogenated alkanes) is 23. The number of phosphoric acid groups is 1. The van der Waals surface area contributed by atoms with Crippen molar-refractivity contribution in [2.24, 2.45) is 0 Å². The Labute approximate surface area is 311 Å². The van der Waals surface area contributed by atoms with Gasteiger partial charge in [-0.25, -0.2) is 4.57 Å². The minimum Gasteiger partial charge on any atom is -0.457 e. The highest BCUT2D eigenvalue weighted by atomic mass is 31.2. The predicted octanol–water partition coefficient (Wildman–Crippen LogP) is 10.4. The van der Waals surface area contributed by atoms with E-state index in [1.807, 2.05) is 0 Å². The number of carbonyl (C=O) groups excluding carboxylic acids is 2. The summed E-state index contributed by atoms with van der Waals surface area (Å²) in [6.07, 6.45) is 33.2. The summed E-state index contributed by atoms with van der Waals surface area (Å²) in [4.78, 5) is 34.4. The van der Waals surface area contributed by atoms with Gasteiger partial charge in [-0.1, -0.05) is 154 Å². The molecule has 0 aromatic carbocycles.